The van der Waals surface area contributed by atoms with Crippen LogP contribution in [0, 0.1) is 5.92 Å². The molecule has 178 valence electrons. The van der Waals surface area contributed by atoms with E-state index in [4.69, 9.17) is 4.74 Å². The van der Waals surface area contributed by atoms with E-state index in [2.05, 4.69) is 22.3 Å². The second kappa shape index (κ2) is 10.5. The molecule has 2 heterocycles. The lowest BCUT2D eigenvalue weighted by Gasteiger charge is -2.29. The van der Waals surface area contributed by atoms with E-state index in [0.717, 1.165) is 35.4 Å². The summed E-state index contributed by atoms with van der Waals surface area (Å²) in [6, 6.07) is 15.0. The van der Waals surface area contributed by atoms with Crippen molar-refractivity contribution in [1.82, 2.24) is 25.0 Å². The predicted molar refractivity (Wildman–Crippen MR) is 128 cm³/mol. The molecular formula is C26H31N5O3. The molecule has 1 aliphatic rings. The lowest BCUT2D eigenvalue weighted by molar-refractivity contribution is -0.129. The maximum Gasteiger partial charge on any atom is 0.226 e. The van der Waals surface area contributed by atoms with Gasteiger partial charge in [0.05, 0.1) is 30.8 Å². The van der Waals surface area contributed by atoms with Gasteiger partial charge in [0.25, 0.3) is 0 Å². The molecule has 1 aliphatic heterocycles. The molecule has 34 heavy (non-hydrogen) atoms. The highest BCUT2D eigenvalue weighted by atomic mass is 16.5. The number of nitrogens with one attached hydrogen (secondary N) is 1. The monoisotopic (exact) mass is 461 g/mol. The van der Waals surface area contributed by atoms with Gasteiger partial charge in [-0.1, -0.05) is 37.6 Å². The Hall–Kier alpha value is -3.68. The molecule has 2 aromatic carbocycles. The van der Waals surface area contributed by atoms with E-state index in [-0.39, 0.29) is 30.3 Å². The number of unbranched alkanes of at least 4 members (excludes halogenated alkanes) is 1. The van der Waals surface area contributed by atoms with Crippen LogP contribution in [0.4, 0.5) is 0 Å². The Morgan fingerprint density at radius 1 is 1.18 bits per heavy atom. The average Bonchev–Trinajstić information content (AvgIpc) is 3.51. The standard InChI is InChI=1S/C26H31N5O3/c1-4-5-14-30-24(32)15-23(25(30)20-8-12-22(34-3)13-9-20)26(33)29-18(2)19-6-10-21(11-7-19)31-17-27-16-28-31/h6-13,16-18,23,25H,4-5,14-15H2,1-3H3,(H,29,33). The Morgan fingerprint density at radius 3 is 2.53 bits per heavy atom. The number of nitrogens with zero attached hydrogens (tertiary/aromatic N) is 4. The Kier molecular flexibility index (Phi) is 7.25. The van der Waals surface area contributed by atoms with Crippen molar-refractivity contribution in [2.75, 3.05) is 13.7 Å². The summed E-state index contributed by atoms with van der Waals surface area (Å²) in [5, 5.41) is 7.27. The minimum atomic E-state index is -0.449. The van der Waals surface area contributed by atoms with Gasteiger partial charge in [0.15, 0.2) is 0 Å². The third-order valence-corrected chi connectivity index (χ3v) is 6.41. The fourth-order valence-corrected chi connectivity index (χ4v) is 4.49. The van der Waals surface area contributed by atoms with Gasteiger partial charge in [-0.2, -0.15) is 5.10 Å². The van der Waals surface area contributed by atoms with E-state index >= 15 is 0 Å². The molecule has 3 atom stereocenters. The highest BCUT2D eigenvalue weighted by molar-refractivity contribution is 5.90. The van der Waals surface area contributed by atoms with Crippen LogP contribution in [0.3, 0.4) is 0 Å². The zero-order chi connectivity index (χ0) is 24.1. The molecule has 0 radical (unpaired) electrons. The first-order valence-electron chi connectivity index (χ1n) is 11.7. The van der Waals surface area contributed by atoms with E-state index in [1.165, 1.54) is 6.33 Å². The minimum Gasteiger partial charge on any atom is -0.497 e. The number of hydrogen-bond donors (Lipinski definition) is 1. The molecule has 1 saturated heterocycles. The molecule has 8 nitrogen and oxygen atoms in total. The van der Waals surface area contributed by atoms with Gasteiger partial charge in [0.2, 0.25) is 11.8 Å². The Labute approximate surface area is 199 Å². The van der Waals surface area contributed by atoms with Gasteiger partial charge in [0, 0.05) is 13.0 Å². The molecule has 8 heteroatoms. The highest BCUT2D eigenvalue weighted by Gasteiger charge is 2.44. The molecule has 1 aromatic heterocycles. The molecule has 1 fully saturated rings. The van der Waals surface area contributed by atoms with Crippen molar-refractivity contribution < 1.29 is 14.3 Å². The summed E-state index contributed by atoms with van der Waals surface area (Å²) < 4.78 is 6.97. The van der Waals surface area contributed by atoms with Gasteiger partial charge in [0.1, 0.15) is 18.4 Å². The predicted octanol–water partition coefficient (Wildman–Crippen LogP) is 3.84. The van der Waals surface area contributed by atoms with Crippen LogP contribution >= 0.6 is 0 Å². The van der Waals surface area contributed by atoms with Crippen molar-refractivity contribution in [3.05, 3.63) is 72.3 Å². The molecular weight excluding hydrogens is 430 g/mol. The van der Waals surface area contributed by atoms with Gasteiger partial charge in [-0.25, -0.2) is 9.67 Å². The van der Waals surface area contributed by atoms with Gasteiger partial charge >= 0.3 is 0 Å². The fraction of sp³-hybridized carbons (Fsp3) is 0.385. The number of methoxy groups -OCH3 is 1. The number of aromatic nitrogens is 3. The SMILES string of the molecule is CCCCN1C(=O)CC(C(=O)NC(C)c2ccc(-n3cncn3)cc2)C1c1ccc(OC)cc1. The zero-order valence-electron chi connectivity index (χ0n) is 19.8. The highest BCUT2D eigenvalue weighted by Crippen LogP contribution is 2.39. The summed E-state index contributed by atoms with van der Waals surface area (Å²) >= 11 is 0. The topological polar surface area (TPSA) is 89.4 Å². The maximum absolute atomic E-state index is 13.4. The number of carbonyl (C=O) groups excluding carboxylic acids is 2. The first-order chi connectivity index (χ1) is 16.5. The number of likely N-dealkylation sites (tertiary alicyclic amines) is 1. The minimum absolute atomic E-state index is 0.0271. The molecule has 4 rings (SSSR count). The van der Waals surface area contributed by atoms with Crippen LogP contribution in [-0.2, 0) is 9.59 Å². The van der Waals surface area contributed by atoms with E-state index in [0.29, 0.717) is 6.54 Å². The molecule has 3 aromatic rings. The lowest BCUT2D eigenvalue weighted by atomic mass is 9.92. The van der Waals surface area contributed by atoms with Crippen LogP contribution in [0.1, 0.15) is 56.3 Å². The normalized spacial score (nSPS) is 18.7. The van der Waals surface area contributed by atoms with E-state index in [1.54, 1.807) is 18.1 Å². The van der Waals surface area contributed by atoms with Crippen LogP contribution in [0.2, 0.25) is 0 Å². The van der Waals surface area contributed by atoms with Crippen molar-refractivity contribution in [2.45, 2.75) is 45.2 Å². The largest absolute Gasteiger partial charge is 0.497 e. The molecule has 0 spiro atoms. The number of benzene rings is 2. The van der Waals surface area contributed by atoms with Crippen molar-refractivity contribution in [2.24, 2.45) is 5.92 Å². The molecule has 2 amide bonds. The molecule has 0 aliphatic carbocycles. The number of hydrogen-bond acceptors (Lipinski definition) is 5. The van der Waals surface area contributed by atoms with Crippen LogP contribution in [0.15, 0.2) is 61.2 Å². The number of ether oxygens (including phenoxy) is 1. The molecule has 0 bridgehead atoms. The zero-order valence-corrected chi connectivity index (χ0v) is 19.8. The first kappa shape index (κ1) is 23.5. The summed E-state index contributed by atoms with van der Waals surface area (Å²) in [6.45, 7) is 4.70. The van der Waals surface area contributed by atoms with E-state index < -0.39 is 5.92 Å². The molecule has 0 saturated carbocycles. The Morgan fingerprint density at radius 2 is 1.91 bits per heavy atom. The van der Waals surface area contributed by atoms with E-state index in [1.807, 2.05) is 60.4 Å². The summed E-state index contributed by atoms with van der Waals surface area (Å²) in [7, 11) is 1.62. The third-order valence-electron chi connectivity index (χ3n) is 6.41. The second-order valence-electron chi connectivity index (χ2n) is 8.63. The fourth-order valence-electron chi connectivity index (χ4n) is 4.49. The molecule has 1 N–H and O–H groups in total. The van der Waals surface area contributed by atoms with Crippen LogP contribution in [-0.4, -0.2) is 45.1 Å². The summed E-state index contributed by atoms with van der Waals surface area (Å²) in [6.07, 6.45) is 5.23. The number of carbonyl (C=O) groups is 2. The van der Waals surface area contributed by atoms with Crippen molar-refractivity contribution >= 4 is 11.8 Å². The number of rotatable bonds is 9. The third kappa shape index (κ3) is 4.95. The first-order valence-corrected chi connectivity index (χ1v) is 11.7. The van der Waals surface area contributed by atoms with E-state index in [9.17, 15) is 9.59 Å². The van der Waals surface area contributed by atoms with Crippen LogP contribution < -0.4 is 10.1 Å². The van der Waals surface area contributed by atoms with Crippen molar-refractivity contribution in [3.8, 4) is 11.4 Å². The lowest BCUT2D eigenvalue weighted by Crippen LogP contribution is -2.37. The summed E-state index contributed by atoms with van der Waals surface area (Å²) in [5.41, 5.74) is 2.82. The smallest absolute Gasteiger partial charge is 0.226 e. The molecule has 3 unspecified atom stereocenters. The maximum atomic E-state index is 13.4. The van der Waals surface area contributed by atoms with Gasteiger partial charge in [-0.05, 0) is 48.7 Å². The van der Waals surface area contributed by atoms with Crippen molar-refractivity contribution in [1.29, 1.82) is 0 Å². The Balaban J connectivity index is 1.51. The quantitative estimate of drug-likeness (QED) is 0.523. The van der Waals surface area contributed by atoms with Crippen molar-refractivity contribution in [3.63, 3.8) is 0 Å². The average molecular weight is 462 g/mol. The number of amides is 2. The second-order valence-corrected chi connectivity index (χ2v) is 8.63. The van der Waals surface area contributed by atoms with Crippen LogP contribution in [0.5, 0.6) is 5.75 Å². The van der Waals surface area contributed by atoms with Gasteiger partial charge < -0.3 is 15.0 Å². The van der Waals surface area contributed by atoms with Gasteiger partial charge in [-0.3, -0.25) is 9.59 Å². The Bertz CT molecular complexity index is 1100. The summed E-state index contributed by atoms with van der Waals surface area (Å²) in [5.74, 6) is 0.215. The van der Waals surface area contributed by atoms with Gasteiger partial charge in [-0.15, -0.1) is 0 Å². The van der Waals surface area contributed by atoms with Crippen LogP contribution in [0.25, 0.3) is 5.69 Å². The summed E-state index contributed by atoms with van der Waals surface area (Å²) in [4.78, 5) is 32.2.